The van der Waals surface area contributed by atoms with Gasteiger partial charge in [-0.3, -0.25) is 0 Å². The van der Waals surface area contributed by atoms with Gasteiger partial charge >= 0.3 is 12.1 Å². The minimum Gasteiger partial charge on any atom is -0.412 e. The zero-order chi connectivity index (χ0) is 23.2. The van der Waals surface area contributed by atoms with E-state index in [1.54, 1.807) is 38.0 Å². The Bertz CT molecular complexity index is 898. The third-order valence-electron chi connectivity index (χ3n) is 7.13. The number of rotatable bonds is 4. The van der Waals surface area contributed by atoms with Gasteiger partial charge in [-0.1, -0.05) is 48.5 Å². The van der Waals surface area contributed by atoms with Gasteiger partial charge in [-0.2, -0.15) is 0 Å². The van der Waals surface area contributed by atoms with Crippen molar-refractivity contribution in [3.63, 3.8) is 0 Å². The van der Waals surface area contributed by atoms with Crippen molar-refractivity contribution in [1.82, 2.24) is 19.6 Å². The summed E-state index contributed by atoms with van der Waals surface area (Å²) in [4.78, 5) is 32.4. The fourth-order valence-corrected chi connectivity index (χ4v) is 5.86. The molecule has 34 heavy (non-hydrogen) atoms. The second-order valence-electron chi connectivity index (χ2n) is 9.66. The van der Waals surface area contributed by atoms with Crippen molar-refractivity contribution in [3.05, 3.63) is 70.8 Å². The van der Waals surface area contributed by atoms with E-state index in [-0.39, 0.29) is 46.7 Å². The van der Waals surface area contributed by atoms with Gasteiger partial charge in [0, 0.05) is 67.2 Å². The average Bonchev–Trinajstić information content (AvgIpc) is 2.78. The highest BCUT2D eigenvalue weighted by Gasteiger charge is 2.50. The lowest BCUT2D eigenvalue weighted by molar-refractivity contribution is 0.120. The van der Waals surface area contributed by atoms with Gasteiger partial charge in [0.1, 0.15) is 0 Å². The van der Waals surface area contributed by atoms with Crippen molar-refractivity contribution in [2.24, 2.45) is 11.8 Å². The van der Waals surface area contributed by atoms with E-state index in [0.717, 1.165) is 0 Å². The Morgan fingerprint density at radius 2 is 0.853 bits per heavy atom. The van der Waals surface area contributed by atoms with Gasteiger partial charge in [0.15, 0.2) is 0 Å². The van der Waals surface area contributed by atoms with Crippen LogP contribution in [0.25, 0.3) is 0 Å². The van der Waals surface area contributed by atoms with Crippen molar-refractivity contribution in [1.29, 1.82) is 0 Å². The van der Waals surface area contributed by atoms with Crippen molar-refractivity contribution in [3.8, 4) is 0 Å². The van der Waals surface area contributed by atoms with E-state index in [2.05, 4.69) is 48.5 Å². The molecule has 2 unspecified atom stereocenters. The van der Waals surface area contributed by atoms with Crippen LogP contribution in [0.4, 0.5) is 9.59 Å². The average molecular weight is 471 g/mol. The predicted octanol–water partition coefficient (Wildman–Crippen LogP) is 2.09. The van der Waals surface area contributed by atoms with Crippen LogP contribution >= 0.6 is 0 Å². The molecule has 0 spiro atoms. The summed E-state index contributed by atoms with van der Waals surface area (Å²) in [5.41, 5.74) is 5.46. The fourth-order valence-electron chi connectivity index (χ4n) is 5.86. The van der Waals surface area contributed by atoms with Crippen LogP contribution in [0.5, 0.6) is 0 Å². The Labute approximate surface area is 202 Å². The molecule has 3 aliphatic rings. The maximum absolute atomic E-state index is 12.7. The molecule has 0 radical (unpaired) electrons. The van der Waals surface area contributed by atoms with Gasteiger partial charge < -0.3 is 30.6 Å². The minimum atomic E-state index is 0. The molecule has 3 aliphatic carbocycles. The van der Waals surface area contributed by atoms with Gasteiger partial charge in [-0.15, -0.1) is 0 Å². The Hall–Kier alpha value is -3.10. The van der Waals surface area contributed by atoms with E-state index in [1.807, 2.05) is 23.9 Å². The summed E-state index contributed by atoms with van der Waals surface area (Å²) in [6.45, 7) is 1.30. The number of fused-ring (bicyclic) bond motifs is 1. The number of hydrogen-bond donors (Lipinski definition) is 0. The Morgan fingerprint density at radius 1 is 0.588 bits per heavy atom. The van der Waals surface area contributed by atoms with Crippen LogP contribution in [0.2, 0.25) is 0 Å². The van der Waals surface area contributed by atoms with Gasteiger partial charge in [0.05, 0.1) is 0 Å². The molecule has 2 atom stereocenters. The lowest BCUT2D eigenvalue weighted by Gasteiger charge is -2.52. The van der Waals surface area contributed by atoms with E-state index < -0.39 is 0 Å². The van der Waals surface area contributed by atoms with Crippen LogP contribution in [-0.2, 0) is 0 Å². The van der Waals surface area contributed by atoms with Crippen LogP contribution in [0.3, 0.4) is 0 Å². The SMILES string of the molecule is CN(C)C(=O)N(C)CC1C2c3ccccc3C(c3ccccc32)C1CN(C)C(=O)N(C)C.O.O. The molecule has 0 heterocycles. The van der Waals surface area contributed by atoms with Gasteiger partial charge in [0.2, 0.25) is 0 Å². The second-order valence-corrected chi connectivity index (χ2v) is 9.66. The van der Waals surface area contributed by atoms with Gasteiger partial charge in [-0.25, -0.2) is 9.59 Å². The molecule has 0 fully saturated rings. The Kier molecular flexibility index (Phi) is 8.34. The zero-order valence-electron chi connectivity index (χ0n) is 20.9. The lowest BCUT2D eigenvalue weighted by Crippen LogP contribution is -2.51. The zero-order valence-corrected chi connectivity index (χ0v) is 20.9. The molecule has 4 amide bonds. The summed E-state index contributed by atoms with van der Waals surface area (Å²) in [5, 5.41) is 0. The smallest absolute Gasteiger partial charge is 0.319 e. The molecule has 0 aliphatic heterocycles. The van der Waals surface area contributed by atoms with E-state index in [0.29, 0.717) is 13.1 Å². The predicted molar refractivity (Wildman–Crippen MR) is 134 cm³/mol. The molecule has 8 heteroatoms. The highest BCUT2D eigenvalue weighted by atomic mass is 16.2. The molecule has 0 aromatic heterocycles. The first-order valence-corrected chi connectivity index (χ1v) is 11.2. The molecular weight excluding hydrogens is 432 g/mol. The van der Waals surface area contributed by atoms with Crippen LogP contribution < -0.4 is 0 Å². The lowest BCUT2D eigenvalue weighted by atomic mass is 9.54. The fraction of sp³-hybridized carbons (Fsp3) is 0.462. The number of amides is 4. The number of benzene rings is 2. The largest absolute Gasteiger partial charge is 0.412 e. The van der Waals surface area contributed by atoms with Crippen molar-refractivity contribution in [2.75, 3.05) is 55.4 Å². The summed E-state index contributed by atoms with van der Waals surface area (Å²) < 4.78 is 0. The maximum atomic E-state index is 12.7. The highest BCUT2D eigenvalue weighted by Crippen LogP contribution is 2.58. The van der Waals surface area contributed by atoms with E-state index >= 15 is 0 Å². The normalized spacial score (nSPS) is 21.2. The molecule has 5 rings (SSSR count). The van der Waals surface area contributed by atoms with Crippen molar-refractivity contribution >= 4 is 12.1 Å². The first-order chi connectivity index (χ1) is 15.2. The number of carbonyl (C=O) groups excluding carboxylic acids is 2. The molecule has 2 aromatic rings. The molecule has 0 saturated carbocycles. The monoisotopic (exact) mass is 470 g/mol. The third-order valence-corrected chi connectivity index (χ3v) is 7.13. The first kappa shape index (κ1) is 27.1. The third kappa shape index (κ3) is 4.48. The molecule has 186 valence electrons. The van der Waals surface area contributed by atoms with Crippen LogP contribution in [0.1, 0.15) is 34.1 Å². The highest BCUT2D eigenvalue weighted by molar-refractivity contribution is 5.74. The number of urea groups is 2. The standard InChI is InChI=1S/C26H34N4O2.2H2O/c1-27(2)25(31)29(5)15-21-22(16-30(6)26(32)28(3)4)24-19-13-9-7-11-17(19)23(21)18-12-8-10-14-20(18)24;;/h7-14,21-24H,15-16H2,1-6H3;2*1H2. The Balaban J connectivity index is 0.00000204. The number of nitrogens with zero attached hydrogens (tertiary/aromatic N) is 4. The molecule has 4 N–H and O–H groups in total. The summed E-state index contributed by atoms with van der Waals surface area (Å²) in [7, 11) is 10.9. The summed E-state index contributed by atoms with van der Waals surface area (Å²) in [5.74, 6) is 0.850. The maximum Gasteiger partial charge on any atom is 0.319 e. The molecule has 8 nitrogen and oxygen atoms in total. The van der Waals surface area contributed by atoms with E-state index in [9.17, 15) is 9.59 Å². The second kappa shape index (κ2) is 10.4. The number of carbonyl (C=O) groups is 2. The molecule has 2 bridgehead atoms. The van der Waals surface area contributed by atoms with Crippen LogP contribution in [0, 0.1) is 11.8 Å². The summed E-state index contributed by atoms with van der Waals surface area (Å²) in [6, 6.07) is 17.4. The van der Waals surface area contributed by atoms with E-state index in [4.69, 9.17) is 0 Å². The minimum absolute atomic E-state index is 0. The molecule has 2 aromatic carbocycles. The summed E-state index contributed by atoms with van der Waals surface area (Å²) >= 11 is 0. The number of hydrogen-bond acceptors (Lipinski definition) is 2. The first-order valence-electron chi connectivity index (χ1n) is 11.2. The van der Waals surface area contributed by atoms with Crippen LogP contribution in [-0.4, -0.2) is 98.0 Å². The van der Waals surface area contributed by atoms with Crippen LogP contribution in [0.15, 0.2) is 48.5 Å². The van der Waals surface area contributed by atoms with Gasteiger partial charge in [-0.05, 0) is 34.1 Å². The van der Waals surface area contributed by atoms with E-state index in [1.165, 1.54) is 22.3 Å². The Morgan fingerprint density at radius 3 is 1.09 bits per heavy atom. The topological polar surface area (TPSA) is 110 Å². The van der Waals surface area contributed by atoms with Crippen molar-refractivity contribution in [2.45, 2.75) is 11.8 Å². The van der Waals surface area contributed by atoms with Gasteiger partial charge in [0.25, 0.3) is 0 Å². The van der Waals surface area contributed by atoms with Crippen molar-refractivity contribution < 1.29 is 20.5 Å². The molecule has 0 saturated heterocycles. The molecular formula is C26H38N4O4. The quantitative estimate of drug-likeness (QED) is 0.682. The summed E-state index contributed by atoms with van der Waals surface area (Å²) in [6.07, 6.45) is 0.